The Hall–Kier alpha value is -1.73. The summed E-state index contributed by atoms with van der Waals surface area (Å²) in [4.78, 5) is 29.8. The average Bonchev–Trinajstić information content (AvgIpc) is 2.98. The Morgan fingerprint density at radius 3 is 2.92 bits per heavy atom. The van der Waals surface area contributed by atoms with E-state index in [1.54, 1.807) is 23.4 Å². The van der Waals surface area contributed by atoms with Crippen LogP contribution in [0.3, 0.4) is 0 Å². The Balaban J connectivity index is 1.53. The lowest BCUT2D eigenvalue weighted by Crippen LogP contribution is -2.28. The zero-order chi connectivity index (χ0) is 17.8. The number of thioether (sulfide) groups is 2. The van der Waals surface area contributed by atoms with Crippen molar-refractivity contribution >= 4 is 29.4 Å². The lowest BCUT2D eigenvalue weighted by molar-refractivity contribution is -0.118. The van der Waals surface area contributed by atoms with E-state index < -0.39 is 0 Å². The van der Waals surface area contributed by atoms with Crippen LogP contribution in [0.15, 0.2) is 45.2 Å². The fourth-order valence-corrected chi connectivity index (χ4v) is 4.64. The van der Waals surface area contributed by atoms with Crippen molar-refractivity contribution < 1.29 is 4.79 Å². The van der Waals surface area contributed by atoms with E-state index >= 15 is 0 Å². The van der Waals surface area contributed by atoms with Crippen molar-refractivity contribution in [2.24, 2.45) is 7.05 Å². The summed E-state index contributed by atoms with van der Waals surface area (Å²) in [6, 6.07) is 10.1. The molecule has 132 valence electrons. The molecule has 1 aromatic heterocycles. The van der Waals surface area contributed by atoms with Gasteiger partial charge in [0.05, 0.1) is 16.3 Å². The molecule has 0 spiro atoms. The molecule has 0 fully saturated rings. The van der Waals surface area contributed by atoms with Crippen LogP contribution in [0.5, 0.6) is 0 Å². The number of fused-ring (bicyclic) bond motifs is 1. The molecule has 1 aliphatic rings. The molecule has 1 atom stereocenters. The molecule has 0 radical (unpaired) electrons. The van der Waals surface area contributed by atoms with E-state index in [1.165, 1.54) is 17.3 Å². The summed E-state index contributed by atoms with van der Waals surface area (Å²) in [5.74, 6) is 0.217. The maximum atomic E-state index is 12.4. The van der Waals surface area contributed by atoms with Crippen molar-refractivity contribution in [3.05, 3.63) is 51.9 Å². The number of carbonyl (C=O) groups excluding carboxylic acids is 1. The first-order chi connectivity index (χ1) is 12.0. The van der Waals surface area contributed by atoms with Gasteiger partial charge in [-0.2, -0.15) is 0 Å². The Morgan fingerprint density at radius 1 is 1.40 bits per heavy atom. The molecule has 0 bridgehead atoms. The highest BCUT2D eigenvalue weighted by molar-refractivity contribution is 8.00. The molecule has 0 aliphatic carbocycles. The standard InChI is InChI=1S/C18H21N3O2S2/c1-12-10-14-16(25-12)17(23)21(2)18(20-14)24-11-15(22)19-9-8-13-6-4-3-5-7-13/h3-7,12H,8-11H2,1-2H3,(H,19,22)/t12-/m1/s1. The Labute approximate surface area is 155 Å². The number of nitrogens with zero attached hydrogens (tertiary/aromatic N) is 2. The molecular weight excluding hydrogens is 354 g/mol. The van der Waals surface area contributed by atoms with Crippen LogP contribution in [0, 0.1) is 0 Å². The second-order valence-electron chi connectivity index (χ2n) is 6.04. The number of rotatable bonds is 6. The number of hydrogen-bond donors (Lipinski definition) is 1. The van der Waals surface area contributed by atoms with Crippen LogP contribution < -0.4 is 10.9 Å². The molecule has 1 amide bonds. The minimum atomic E-state index is -0.0431. The summed E-state index contributed by atoms with van der Waals surface area (Å²) in [7, 11) is 1.72. The maximum absolute atomic E-state index is 12.4. The van der Waals surface area contributed by atoms with Crippen LogP contribution in [0.2, 0.25) is 0 Å². The summed E-state index contributed by atoms with van der Waals surface area (Å²) in [6.45, 7) is 2.70. The van der Waals surface area contributed by atoms with Crippen LogP contribution in [0.4, 0.5) is 0 Å². The van der Waals surface area contributed by atoms with Gasteiger partial charge in [-0.3, -0.25) is 14.2 Å². The zero-order valence-corrected chi connectivity index (χ0v) is 16.0. The molecule has 0 unspecified atom stereocenters. The molecule has 1 N–H and O–H groups in total. The van der Waals surface area contributed by atoms with Crippen LogP contribution in [0.25, 0.3) is 0 Å². The van der Waals surface area contributed by atoms with Crippen molar-refractivity contribution in [2.45, 2.75) is 35.1 Å². The van der Waals surface area contributed by atoms with E-state index in [4.69, 9.17) is 0 Å². The third-order valence-corrected chi connectivity index (χ3v) is 6.23. The van der Waals surface area contributed by atoms with Gasteiger partial charge in [-0.15, -0.1) is 11.8 Å². The highest BCUT2D eigenvalue weighted by atomic mass is 32.2. The summed E-state index contributed by atoms with van der Waals surface area (Å²) in [5, 5.41) is 3.91. The summed E-state index contributed by atoms with van der Waals surface area (Å²) in [5.41, 5.74) is 2.06. The van der Waals surface area contributed by atoms with Crippen LogP contribution in [0.1, 0.15) is 18.2 Å². The Morgan fingerprint density at radius 2 is 2.16 bits per heavy atom. The van der Waals surface area contributed by atoms with Gasteiger partial charge in [-0.25, -0.2) is 4.98 Å². The predicted molar refractivity (Wildman–Crippen MR) is 102 cm³/mol. The smallest absolute Gasteiger partial charge is 0.267 e. The maximum Gasteiger partial charge on any atom is 0.267 e. The lowest BCUT2D eigenvalue weighted by atomic mass is 10.1. The second-order valence-corrected chi connectivity index (χ2v) is 8.43. The van der Waals surface area contributed by atoms with Gasteiger partial charge in [0, 0.05) is 25.3 Å². The fourth-order valence-electron chi connectivity index (χ4n) is 2.68. The lowest BCUT2D eigenvalue weighted by Gasteiger charge is -2.09. The fraction of sp³-hybridized carbons (Fsp3) is 0.389. The minimum Gasteiger partial charge on any atom is -0.355 e. The molecule has 2 aromatic rings. The molecule has 0 saturated heterocycles. The van der Waals surface area contributed by atoms with E-state index in [1.807, 2.05) is 30.3 Å². The number of amides is 1. The van der Waals surface area contributed by atoms with E-state index in [9.17, 15) is 9.59 Å². The van der Waals surface area contributed by atoms with E-state index in [2.05, 4.69) is 17.2 Å². The van der Waals surface area contributed by atoms with Gasteiger partial charge in [-0.05, 0) is 12.0 Å². The number of benzene rings is 1. The van der Waals surface area contributed by atoms with Gasteiger partial charge in [-0.1, -0.05) is 49.0 Å². The molecule has 1 aromatic carbocycles. The summed E-state index contributed by atoms with van der Waals surface area (Å²) in [6.07, 6.45) is 1.62. The van der Waals surface area contributed by atoms with Crippen molar-refractivity contribution in [3.63, 3.8) is 0 Å². The predicted octanol–water partition coefficient (Wildman–Crippen LogP) is 2.27. The highest BCUT2D eigenvalue weighted by Crippen LogP contribution is 2.33. The average molecular weight is 376 g/mol. The monoisotopic (exact) mass is 375 g/mol. The molecule has 25 heavy (non-hydrogen) atoms. The van der Waals surface area contributed by atoms with Gasteiger partial charge in [0.2, 0.25) is 5.91 Å². The van der Waals surface area contributed by atoms with Crippen LogP contribution >= 0.6 is 23.5 Å². The molecule has 1 aliphatic heterocycles. The molecule has 2 heterocycles. The van der Waals surface area contributed by atoms with Crippen molar-refractivity contribution in [2.75, 3.05) is 12.3 Å². The van der Waals surface area contributed by atoms with Gasteiger partial charge in [0.15, 0.2) is 5.16 Å². The normalized spacial score (nSPS) is 15.8. The van der Waals surface area contributed by atoms with Gasteiger partial charge < -0.3 is 5.32 Å². The third kappa shape index (κ3) is 4.46. The number of nitrogens with one attached hydrogen (secondary N) is 1. The quantitative estimate of drug-likeness (QED) is 0.620. The van der Waals surface area contributed by atoms with Crippen LogP contribution in [-0.2, 0) is 24.7 Å². The summed E-state index contributed by atoms with van der Waals surface area (Å²) >= 11 is 2.90. The Bertz CT molecular complexity index is 821. The first-order valence-corrected chi connectivity index (χ1v) is 10.1. The number of hydrogen-bond acceptors (Lipinski definition) is 5. The van der Waals surface area contributed by atoms with Gasteiger partial charge in [0.1, 0.15) is 0 Å². The topological polar surface area (TPSA) is 64.0 Å². The molecule has 0 saturated carbocycles. The van der Waals surface area contributed by atoms with Crippen molar-refractivity contribution in [3.8, 4) is 0 Å². The van der Waals surface area contributed by atoms with E-state index in [0.717, 1.165) is 23.4 Å². The largest absolute Gasteiger partial charge is 0.355 e. The van der Waals surface area contributed by atoms with Gasteiger partial charge in [0.25, 0.3) is 5.56 Å². The van der Waals surface area contributed by atoms with E-state index in [-0.39, 0.29) is 17.2 Å². The van der Waals surface area contributed by atoms with Crippen molar-refractivity contribution in [1.29, 1.82) is 0 Å². The molecule has 5 nitrogen and oxygen atoms in total. The number of aromatic nitrogens is 2. The SMILES string of the molecule is C[C@@H]1Cc2nc(SCC(=O)NCCc3ccccc3)n(C)c(=O)c2S1. The third-order valence-electron chi connectivity index (χ3n) is 3.99. The van der Waals surface area contributed by atoms with Crippen LogP contribution in [-0.4, -0.2) is 33.0 Å². The Kier molecular flexibility index (Phi) is 5.86. The molecule has 7 heteroatoms. The van der Waals surface area contributed by atoms with E-state index in [0.29, 0.717) is 17.0 Å². The number of carbonyl (C=O) groups is 1. The first kappa shape index (κ1) is 18.1. The zero-order valence-electron chi connectivity index (χ0n) is 14.3. The summed E-state index contributed by atoms with van der Waals surface area (Å²) < 4.78 is 1.55. The molecular formula is C18H21N3O2S2. The first-order valence-electron chi connectivity index (χ1n) is 8.24. The van der Waals surface area contributed by atoms with Crippen molar-refractivity contribution in [1.82, 2.24) is 14.9 Å². The highest BCUT2D eigenvalue weighted by Gasteiger charge is 2.25. The van der Waals surface area contributed by atoms with Gasteiger partial charge >= 0.3 is 0 Å². The molecule has 3 rings (SSSR count). The second kappa shape index (κ2) is 8.10. The minimum absolute atomic E-state index is 0.00802.